The van der Waals surface area contributed by atoms with Crippen molar-refractivity contribution in [3.63, 3.8) is 0 Å². The predicted molar refractivity (Wildman–Crippen MR) is 86.1 cm³/mol. The van der Waals surface area contributed by atoms with E-state index >= 15 is 0 Å². The molecule has 1 fully saturated rings. The summed E-state index contributed by atoms with van der Waals surface area (Å²) in [6, 6.07) is 2.15. The molecule has 2 aromatic heterocycles. The number of nitrogens with zero attached hydrogens (tertiary/aromatic N) is 3. The Labute approximate surface area is 128 Å². The van der Waals surface area contributed by atoms with Gasteiger partial charge in [0.25, 0.3) is 0 Å². The number of fused-ring (bicyclic) bond motifs is 1. The first-order valence-electron chi connectivity index (χ1n) is 7.44. The van der Waals surface area contributed by atoms with Crippen molar-refractivity contribution >= 4 is 23.2 Å². The number of hydrogen-bond acceptors (Lipinski definition) is 5. The molecule has 3 heterocycles. The van der Waals surface area contributed by atoms with Gasteiger partial charge in [0.05, 0.1) is 6.20 Å². The quantitative estimate of drug-likeness (QED) is 0.742. The molecule has 1 saturated heterocycles. The van der Waals surface area contributed by atoms with E-state index in [9.17, 15) is 4.79 Å². The molecule has 0 aliphatic carbocycles. The van der Waals surface area contributed by atoms with E-state index in [0.717, 1.165) is 37.3 Å². The zero-order chi connectivity index (χ0) is 15.5. The van der Waals surface area contributed by atoms with Crippen LogP contribution in [0.4, 0.5) is 11.6 Å². The molecule has 0 saturated carbocycles. The zero-order valence-electron chi connectivity index (χ0n) is 12.6. The van der Waals surface area contributed by atoms with Gasteiger partial charge in [-0.1, -0.05) is 6.58 Å². The SMILES string of the molecule is C=CC(=O)Nc1c(C)c(NC2CCCNC2)nc2ccnn12. The van der Waals surface area contributed by atoms with Gasteiger partial charge in [0.1, 0.15) is 11.6 Å². The van der Waals surface area contributed by atoms with Crippen molar-refractivity contribution in [2.24, 2.45) is 0 Å². The summed E-state index contributed by atoms with van der Waals surface area (Å²) in [7, 11) is 0. The van der Waals surface area contributed by atoms with Gasteiger partial charge in [-0.3, -0.25) is 4.79 Å². The molecule has 1 atom stereocenters. The van der Waals surface area contributed by atoms with Gasteiger partial charge in [0, 0.05) is 24.2 Å². The number of hydrogen-bond donors (Lipinski definition) is 3. The van der Waals surface area contributed by atoms with E-state index in [1.165, 1.54) is 6.08 Å². The lowest BCUT2D eigenvalue weighted by Gasteiger charge is -2.25. The van der Waals surface area contributed by atoms with Gasteiger partial charge in [-0.2, -0.15) is 9.61 Å². The number of amides is 1. The van der Waals surface area contributed by atoms with Gasteiger partial charge in [0.2, 0.25) is 5.91 Å². The molecule has 1 aliphatic heterocycles. The number of nitrogens with one attached hydrogen (secondary N) is 3. The minimum Gasteiger partial charge on any atom is -0.366 e. The van der Waals surface area contributed by atoms with Crippen LogP contribution in [0.5, 0.6) is 0 Å². The Kier molecular flexibility index (Phi) is 4.06. The first-order chi connectivity index (χ1) is 10.7. The normalized spacial score (nSPS) is 18.1. The Morgan fingerprint density at radius 1 is 1.59 bits per heavy atom. The molecular formula is C15H20N6O. The second kappa shape index (κ2) is 6.15. The molecule has 7 heteroatoms. The lowest BCUT2D eigenvalue weighted by molar-refractivity contribution is -0.111. The highest BCUT2D eigenvalue weighted by Gasteiger charge is 2.18. The molecule has 3 rings (SSSR count). The molecule has 2 aromatic rings. The fourth-order valence-electron chi connectivity index (χ4n) is 2.65. The molecule has 0 bridgehead atoms. The van der Waals surface area contributed by atoms with Gasteiger partial charge in [-0.05, 0) is 32.4 Å². The standard InChI is InChI=1S/C15H20N6O/c1-3-13(22)20-15-10(2)14(18-11-5-4-7-16-9-11)19-12-6-8-17-21(12)15/h3,6,8,11,16H,1,4-5,7,9H2,2H3,(H,18,19)(H,20,22). The van der Waals surface area contributed by atoms with Crippen LogP contribution in [0, 0.1) is 6.92 Å². The summed E-state index contributed by atoms with van der Waals surface area (Å²) in [5.41, 5.74) is 1.55. The van der Waals surface area contributed by atoms with Gasteiger partial charge < -0.3 is 16.0 Å². The maximum atomic E-state index is 11.7. The van der Waals surface area contributed by atoms with Gasteiger partial charge in [0.15, 0.2) is 5.65 Å². The third-order valence-corrected chi connectivity index (χ3v) is 3.84. The summed E-state index contributed by atoms with van der Waals surface area (Å²) in [6.45, 7) is 7.39. The zero-order valence-corrected chi connectivity index (χ0v) is 12.6. The molecule has 22 heavy (non-hydrogen) atoms. The topological polar surface area (TPSA) is 83.4 Å². The van der Waals surface area contributed by atoms with E-state index in [0.29, 0.717) is 17.5 Å². The van der Waals surface area contributed by atoms with E-state index < -0.39 is 0 Å². The Bertz CT molecular complexity index is 701. The molecule has 0 spiro atoms. The number of anilines is 2. The summed E-state index contributed by atoms with van der Waals surface area (Å²) in [6.07, 6.45) is 5.16. The molecule has 3 N–H and O–H groups in total. The molecule has 1 unspecified atom stereocenters. The Morgan fingerprint density at radius 2 is 2.45 bits per heavy atom. The smallest absolute Gasteiger partial charge is 0.248 e. The Morgan fingerprint density at radius 3 is 3.18 bits per heavy atom. The second-order valence-corrected chi connectivity index (χ2v) is 5.42. The Hall–Kier alpha value is -2.41. The lowest BCUT2D eigenvalue weighted by atomic mass is 10.1. The second-order valence-electron chi connectivity index (χ2n) is 5.42. The molecule has 116 valence electrons. The van der Waals surface area contributed by atoms with Crippen LogP contribution >= 0.6 is 0 Å². The molecule has 1 amide bonds. The highest BCUT2D eigenvalue weighted by molar-refractivity contribution is 5.99. The molecular weight excluding hydrogens is 280 g/mol. The fourth-order valence-corrected chi connectivity index (χ4v) is 2.65. The van der Waals surface area contributed by atoms with Crippen LogP contribution in [0.3, 0.4) is 0 Å². The Balaban J connectivity index is 1.97. The maximum absolute atomic E-state index is 11.7. The van der Waals surface area contributed by atoms with Crippen molar-refractivity contribution in [2.45, 2.75) is 25.8 Å². The third kappa shape index (κ3) is 2.80. The first kappa shape index (κ1) is 14.5. The number of rotatable bonds is 4. The van der Waals surface area contributed by atoms with Crippen molar-refractivity contribution < 1.29 is 4.79 Å². The van der Waals surface area contributed by atoms with Crippen LogP contribution in [0.15, 0.2) is 24.9 Å². The number of carbonyl (C=O) groups excluding carboxylic acids is 1. The van der Waals surface area contributed by atoms with Crippen LogP contribution in [-0.2, 0) is 4.79 Å². The summed E-state index contributed by atoms with van der Waals surface area (Å²) in [5, 5.41) is 13.9. The van der Waals surface area contributed by atoms with Gasteiger partial charge >= 0.3 is 0 Å². The average molecular weight is 300 g/mol. The highest BCUT2D eigenvalue weighted by Crippen LogP contribution is 2.24. The van der Waals surface area contributed by atoms with E-state index in [1.54, 1.807) is 10.7 Å². The molecule has 7 nitrogen and oxygen atoms in total. The lowest BCUT2D eigenvalue weighted by Crippen LogP contribution is -2.38. The van der Waals surface area contributed by atoms with Crippen LogP contribution < -0.4 is 16.0 Å². The maximum Gasteiger partial charge on any atom is 0.248 e. The summed E-state index contributed by atoms with van der Waals surface area (Å²) < 4.78 is 1.63. The van der Waals surface area contributed by atoms with Crippen LogP contribution in [0.25, 0.3) is 5.65 Å². The van der Waals surface area contributed by atoms with Crippen molar-refractivity contribution in [3.05, 3.63) is 30.5 Å². The number of carbonyl (C=O) groups is 1. The average Bonchev–Trinajstić information content (AvgIpc) is 3.00. The largest absolute Gasteiger partial charge is 0.366 e. The first-order valence-corrected chi connectivity index (χ1v) is 7.44. The van der Waals surface area contributed by atoms with Gasteiger partial charge in [-0.25, -0.2) is 4.98 Å². The molecule has 1 aliphatic rings. The summed E-state index contributed by atoms with van der Waals surface area (Å²) >= 11 is 0. The van der Waals surface area contributed by atoms with E-state index in [-0.39, 0.29) is 5.91 Å². The number of aromatic nitrogens is 3. The van der Waals surface area contributed by atoms with Crippen molar-refractivity contribution in [3.8, 4) is 0 Å². The van der Waals surface area contributed by atoms with Gasteiger partial charge in [-0.15, -0.1) is 0 Å². The minimum atomic E-state index is -0.267. The van der Waals surface area contributed by atoms with Crippen molar-refractivity contribution in [1.82, 2.24) is 19.9 Å². The van der Waals surface area contributed by atoms with Crippen molar-refractivity contribution in [1.29, 1.82) is 0 Å². The summed E-state index contributed by atoms with van der Waals surface area (Å²) in [5.74, 6) is 1.13. The van der Waals surface area contributed by atoms with Crippen LogP contribution in [-0.4, -0.2) is 39.6 Å². The predicted octanol–water partition coefficient (Wildman–Crippen LogP) is 1.33. The fraction of sp³-hybridized carbons (Fsp3) is 0.400. The van der Waals surface area contributed by atoms with E-state index in [4.69, 9.17) is 0 Å². The number of piperidine rings is 1. The monoisotopic (exact) mass is 300 g/mol. The molecule has 0 aromatic carbocycles. The van der Waals surface area contributed by atoms with Crippen LogP contribution in [0.2, 0.25) is 0 Å². The van der Waals surface area contributed by atoms with E-state index in [2.05, 4.69) is 32.6 Å². The van der Waals surface area contributed by atoms with Crippen molar-refractivity contribution in [2.75, 3.05) is 23.7 Å². The summed E-state index contributed by atoms with van der Waals surface area (Å²) in [4.78, 5) is 16.3. The molecule has 0 radical (unpaired) electrons. The van der Waals surface area contributed by atoms with Crippen LogP contribution in [0.1, 0.15) is 18.4 Å². The third-order valence-electron chi connectivity index (χ3n) is 3.84. The minimum absolute atomic E-state index is 0.267. The van der Waals surface area contributed by atoms with E-state index in [1.807, 2.05) is 13.0 Å². The highest BCUT2D eigenvalue weighted by atomic mass is 16.1.